The van der Waals surface area contributed by atoms with Crippen molar-refractivity contribution in [3.05, 3.63) is 106 Å². The second-order valence-electron chi connectivity index (χ2n) is 7.31. The van der Waals surface area contributed by atoms with Crippen LogP contribution in [0.2, 0.25) is 5.02 Å². The summed E-state index contributed by atoms with van der Waals surface area (Å²) >= 11 is 6.09. The van der Waals surface area contributed by atoms with Crippen LogP contribution in [-0.4, -0.2) is 24.1 Å². The number of aryl methyl sites for hydroxylation is 1. The lowest BCUT2D eigenvalue weighted by Crippen LogP contribution is -2.22. The van der Waals surface area contributed by atoms with Crippen molar-refractivity contribution in [3.8, 4) is 22.3 Å². The van der Waals surface area contributed by atoms with Crippen LogP contribution in [-0.2, 0) is 6.54 Å². The molecular weight excluding hydrogens is 410 g/mol. The van der Waals surface area contributed by atoms with E-state index < -0.39 is 0 Å². The summed E-state index contributed by atoms with van der Waals surface area (Å²) in [4.78, 5) is 21.6. The fraction of sp³-hybridized carbons (Fsp3) is 0.0833. The minimum absolute atomic E-state index is 0.213. The van der Waals surface area contributed by atoms with E-state index >= 15 is 0 Å². The topological polar surface area (TPSA) is 65.1 Å². The van der Waals surface area contributed by atoms with Gasteiger partial charge in [-0.2, -0.15) is 0 Å². The van der Waals surface area contributed by atoms with Crippen LogP contribution in [0, 0.1) is 6.92 Å². The standard InChI is InChI=1S/C24H18ClN5O/c1-16-2-7-20(27-14-16)15-30-24(31)29-13-10-21(17-3-5-19(25)6-4-17)22(23(29)28-30)18-8-11-26-12-9-18/h2-14H,15H2,1H3. The summed E-state index contributed by atoms with van der Waals surface area (Å²) in [5.41, 5.74) is 5.95. The van der Waals surface area contributed by atoms with Gasteiger partial charge in [0.15, 0.2) is 5.65 Å². The monoisotopic (exact) mass is 427 g/mol. The molecule has 0 aliphatic heterocycles. The van der Waals surface area contributed by atoms with Gasteiger partial charge < -0.3 is 0 Å². The molecule has 0 aliphatic carbocycles. The van der Waals surface area contributed by atoms with E-state index in [1.54, 1.807) is 29.2 Å². The van der Waals surface area contributed by atoms with E-state index in [4.69, 9.17) is 16.7 Å². The van der Waals surface area contributed by atoms with Crippen molar-refractivity contribution in [1.82, 2.24) is 24.1 Å². The van der Waals surface area contributed by atoms with Crippen LogP contribution < -0.4 is 5.69 Å². The van der Waals surface area contributed by atoms with E-state index in [1.165, 1.54) is 4.68 Å². The van der Waals surface area contributed by atoms with Crippen molar-refractivity contribution in [3.63, 3.8) is 0 Å². The van der Waals surface area contributed by atoms with Crippen LogP contribution in [0.25, 0.3) is 27.9 Å². The predicted molar refractivity (Wildman–Crippen MR) is 121 cm³/mol. The smallest absolute Gasteiger partial charge is 0.265 e. The summed E-state index contributed by atoms with van der Waals surface area (Å²) in [7, 11) is 0. The maximum absolute atomic E-state index is 13.1. The Morgan fingerprint density at radius 1 is 0.935 bits per heavy atom. The highest BCUT2D eigenvalue weighted by molar-refractivity contribution is 6.30. The molecule has 31 heavy (non-hydrogen) atoms. The maximum atomic E-state index is 13.1. The SMILES string of the molecule is Cc1ccc(Cn2nc3c(-c4ccncc4)c(-c4ccc(Cl)cc4)ccn3c2=O)nc1. The molecule has 0 fully saturated rings. The molecule has 0 amide bonds. The number of nitrogens with zero attached hydrogens (tertiary/aromatic N) is 5. The van der Waals surface area contributed by atoms with E-state index in [2.05, 4.69) is 9.97 Å². The van der Waals surface area contributed by atoms with Crippen LogP contribution in [0.4, 0.5) is 0 Å². The van der Waals surface area contributed by atoms with E-state index in [-0.39, 0.29) is 5.69 Å². The Labute approximate surface area is 183 Å². The molecule has 0 spiro atoms. The van der Waals surface area contributed by atoms with Crippen molar-refractivity contribution >= 4 is 17.2 Å². The molecule has 5 rings (SSSR count). The van der Waals surface area contributed by atoms with Crippen molar-refractivity contribution in [2.24, 2.45) is 0 Å². The molecule has 0 saturated heterocycles. The number of hydrogen-bond acceptors (Lipinski definition) is 4. The molecule has 0 N–H and O–H groups in total. The van der Waals surface area contributed by atoms with Crippen LogP contribution in [0.3, 0.4) is 0 Å². The fourth-order valence-electron chi connectivity index (χ4n) is 3.60. The van der Waals surface area contributed by atoms with Gasteiger partial charge in [0.1, 0.15) is 0 Å². The molecule has 7 heteroatoms. The van der Waals surface area contributed by atoms with E-state index in [1.807, 2.05) is 61.5 Å². The number of benzene rings is 1. The first-order chi connectivity index (χ1) is 15.1. The molecule has 0 saturated carbocycles. The van der Waals surface area contributed by atoms with Gasteiger partial charge in [0.05, 0.1) is 12.2 Å². The molecule has 6 nitrogen and oxygen atoms in total. The van der Waals surface area contributed by atoms with Crippen LogP contribution in [0.15, 0.2) is 84.2 Å². The van der Waals surface area contributed by atoms with E-state index in [0.29, 0.717) is 17.2 Å². The normalized spacial score (nSPS) is 11.2. The minimum atomic E-state index is -0.213. The highest BCUT2D eigenvalue weighted by Gasteiger charge is 2.17. The van der Waals surface area contributed by atoms with Crippen molar-refractivity contribution in [2.45, 2.75) is 13.5 Å². The average Bonchev–Trinajstić information content (AvgIpc) is 3.11. The Kier molecular flexibility index (Phi) is 4.84. The van der Waals surface area contributed by atoms with Crippen molar-refractivity contribution < 1.29 is 0 Å². The second-order valence-corrected chi connectivity index (χ2v) is 7.74. The first-order valence-corrected chi connectivity index (χ1v) is 10.2. The lowest BCUT2D eigenvalue weighted by atomic mass is 9.96. The van der Waals surface area contributed by atoms with Gasteiger partial charge in [-0.3, -0.25) is 9.97 Å². The van der Waals surface area contributed by atoms with Gasteiger partial charge in [0.25, 0.3) is 0 Å². The van der Waals surface area contributed by atoms with Gasteiger partial charge in [-0.25, -0.2) is 13.9 Å². The maximum Gasteiger partial charge on any atom is 0.350 e. The van der Waals surface area contributed by atoms with Gasteiger partial charge >= 0.3 is 5.69 Å². The molecule has 0 aliphatic rings. The molecule has 152 valence electrons. The fourth-order valence-corrected chi connectivity index (χ4v) is 3.73. The summed E-state index contributed by atoms with van der Waals surface area (Å²) in [6.07, 6.45) is 7.02. The van der Waals surface area contributed by atoms with Crippen LogP contribution in [0.1, 0.15) is 11.3 Å². The minimum Gasteiger partial charge on any atom is -0.265 e. The lowest BCUT2D eigenvalue weighted by molar-refractivity contribution is 0.646. The summed E-state index contributed by atoms with van der Waals surface area (Å²) in [5, 5.41) is 5.36. The van der Waals surface area contributed by atoms with E-state index in [0.717, 1.165) is 33.5 Å². The highest BCUT2D eigenvalue weighted by Crippen LogP contribution is 2.34. The summed E-state index contributed by atoms with van der Waals surface area (Å²) in [5.74, 6) is 0. The van der Waals surface area contributed by atoms with Gasteiger partial charge in [-0.15, -0.1) is 5.10 Å². The molecule has 5 aromatic rings. The van der Waals surface area contributed by atoms with Gasteiger partial charge in [0.2, 0.25) is 0 Å². The molecule has 4 aromatic heterocycles. The van der Waals surface area contributed by atoms with Gasteiger partial charge in [-0.05, 0) is 65.6 Å². The number of aromatic nitrogens is 5. The number of rotatable bonds is 4. The first-order valence-electron chi connectivity index (χ1n) is 9.80. The van der Waals surface area contributed by atoms with Crippen molar-refractivity contribution in [1.29, 1.82) is 0 Å². The second kappa shape index (κ2) is 7.81. The molecule has 0 radical (unpaired) electrons. The molecule has 4 heterocycles. The Bertz CT molecular complexity index is 1420. The molecule has 0 unspecified atom stereocenters. The number of fused-ring (bicyclic) bond motifs is 1. The third kappa shape index (κ3) is 3.62. The lowest BCUT2D eigenvalue weighted by Gasteiger charge is -2.11. The first kappa shape index (κ1) is 19.2. The Balaban J connectivity index is 1.73. The van der Waals surface area contributed by atoms with Crippen LogP contribution >= 0.6 is 11.6 Å². The third-order valence-electron chi connectivity index (χ3n) is 5.16. The van der Waals surface area contributed by atoms with Crippen molar-refractivity contribution in [2.75, 3.05) is 0 Å². The van der Waals surface area contributed by atoms with Gasteiger partial charge in [-0.1, -0.05) is 29.8 Å². The highest BCUT2D eigenvalue weighted by atomic mass is 35.5. The summed E-state index contributed by atoms with van der Waals surface area (Å²) in [6, 6.07) is 17.3. The Morgan fingerprint density at radius 2 is 1.71 bits per heavy atom. The Hall–Kier alpha value is -3.77. The molecule has 0 bridgehead atoms. The average molecular weight is 428 g/mol. The number of pyridine rings is 3. The van der Waals surface area contributed by atoms with Crippen LogP contribution in [0.5, 0.6) is 0 Å². The molecule has 1 aromatic carbocycles. The van der Waals surface area contributed by atoms with Gasteiger partial charge in [0, 0.05) is 35.4 Å². The largest absolute Gasteiger partial charge is 0.350 e. The zero-order valence-corrected chi connectivity index (χ0v) is 17.5. The Morgan fingerprint density at radius 3 is 2.42 bits per heavy atom. The van der Waals surface area contributed by atoms with E-state index in [9.17, 15) is 4.79 Å². The number of hydrogen-bond donors (Lipinski definition) is 0. The molecule has 0 atom stereocenters. The zero-order valence-electron chi connectivity index (χ0n) is 16.7. The third-order valence-corrected chi connectivity index (χ3v) is 5.41. The quantitative estimate of drug-likeness (QED) is 0.419. The number of halogens is 1. The summed E-state index contributed by atoms with van der Waals surface area (Å²) in [6.45, 7) is 2.28. The molecular formula is C24H18ClN5O. The zero-order chi connectivity index (χ0) is 21.4. The predicted octanol–water partition coefficient (Wildman–Crippen LogP) is 4.63. The summed E-state index contributed by atoms with van der Waals surface area (Å²) < 4.78 is 3.02.